The van der Waals surface area contributed by atoms with Gasteiger partial charge >= 0.3 is 0 Å². The van der Waals surface area contributed by atoms with Gasteiger partial charge in [0.2, 0.25) is 0 Å². The average Bonchev–Trinajstić information content (AvgIpc) is 2.61. The Balaban J connectivity index is 1.68. The van der Waals surface area contributed by atoms with Crippen LogP contribution in [-0.4, -0.2) is 24.0 Å². The molecule has 0 radical (unpaired) electrons. The zero-order valence-electron chi connectivity index (χ0n) is 14.6. The summed E-state index contributed by atoms with van der Waals surface area (Å²) in [6.45, 7) is 2.97. The summed E-state index contributed by atoms with van der Waals surface area (Å²) in [5.41, 5.74) is 3.92. The smallest absolute Gasteiger partial charge is 0.187 e. The summed E-state index contributed by atoms with van der Waals surface area (Å²) in [4.78, 5) is 0. The number of benzene rings is 1. The van der Waals surface area contributed by atoms with E-state index in [4.69, 9.17) is 17.0 Å². The summed E-state index contributed by atoms with van der Waals surface area (Å²) in [6, 6.07) is 8.45. The molecule has 1 aliphatic carbocycles. The average molecular weight is 348 g/mol. The van der Waals surface area contributed by atoms with E-state index in [2.05, 4.69) is 22.8 Å². The van der Waals surface area contributed by atoms with E-state index < -0.39 is 0 Å². The van der Waals surface area contributed by atoms with Crippen LogP contribution >= 0.6 is 12.2 Å². The zero-order chi connectivity index (χ0) is 17.0. The highest BCUT2D eigenvalue weighted by atomic mass is 32.1. The third kappa shape index (κ3) is 7.30. The maximum absolute atomic E-state index is 5.70. The van der Waals surface area contributed by atoms with Crippen molar-refractivity contribution in [2.45, 2.75) is 64.3 Å². The maximum atomic E-state index is 5.70. The highest BCUT2D eigenvalue weighted by Crippen LogP contribution is 2.17. The lowest BCUT2D eigenvalue weighted by molar-refractivity contribution is 0.306. The topological polar surface area (TPSA) is 45.6 Å². The normalized spacial score (nSPS) is 15.4. The molecule has 0 amide bonds. The van der Waals surface area contributed by atoms with Crippen molar-refractivity contribution in [2.75, 3.05) is 6.61 Å². The molecule has 4 nitrogen and oxygen atoms in total. The van der Waals surface area contributed by atoms with Crippen LogP contribution in [0, 0.1) is 0 Å². The molecule has 1 aromatic carbocycles. The minimum atomic E-state index is 0.498. The number of unbranched alkanes of at least 4 members (excludes halogenated alkanes) is 2. The van der Waals surface area contributed by atoms with Gasteiger partial charge in [-0.2, -0.15) is 5.10 Å². The summed E-state index contributed by atoms with van der Waals surface area (Å²) < 4.78 is 5.70. The van der Waals surface area contributed by atoms with Crippen LogP contribution in [0.15, 0.2) is 29.4 Å². The van der Waals surface area contributed by atoms with Gasteiger partial charge in [-0.1, -0.05) is 39.0 Å². The van der Waals surface area contributed by atoms with Crippen LogP contribution in [0.3, 0.4) is 0 Å². The summed E-state index contributed by atoms with van der Waals surface area (Å²) in [5, 5.41) is 8.14. The van der Waals surface area contributed by atoms with E-state index in [-0.39, 0.29) is 0 Å². The Morgan fingerprint density at radius 3 is 2.67 bits per heavy atom. The van der Waals surface area contributed by atoms with Gasteiger partial charge in [0.05, 0.1) is 12.8 Å². The molecule has 2 N–H and O–H groups in total. The fraction of sp³-hybridized carbons (Fsp3) is 0.579. The van der Waals surface area contributed by atoms with Crippen LogP contribution in [0.4, 0.5) is 0 Å². The van der Waals surface area contributed by atoms with Crippen molar-refractivity contribution >= 4 is 23.5 Å². The van der Waals surface area contributed by atoms with Gasteiger partial charge in [-0.3, -0.25) is 5.43 Å². The van der Waals surface area contributed by atoms with E-state index in [1.54, 1.807) is 6.21 Å². The molecule has 0 bridgehead atoms. The van der Waals surface area contributed by atoms with E-state index in [1.807, 2.05) is 24.3 Å². The van der Waals surface area contributed by atoms with E-state index in [9.17, 15) is 0 Å². The number of nitrogens with zero attached hydrogens (tertiary/aromatic N) is 1. The van der Waals surface area contributed by atoms with E-state index in [1.165, 1.54) is 44.9 Å². The third-order valence-electron chi connectivity index (χ3n) is 4.22. The number of hydrogen-bond acceptors (Lipinski definition) is 3. The number of thiocarbonyl (C=S) groups is 1. The third-order valence-corrected chi connectivity index (χ3v) is 4.43. The summed E-state index contributed by atoms with van der Waals surface area (Å²) in [6.07, 6.45) is 11.6. The Labute approximate surface area is 151 Å². The molecule has 0 aliphatic heterocycles. The molecule has 0 atom stereocenters. The maximum Gasteiger partial charge on any atom is 0.187 e. The lowest BCUT2D eigenvalue weighted by Gasteiger charge is -2.23. The molecule has 0 unspecified atom stereocenters. The van der Waals surface area contributed by atoms with Crippen LogP contribution in [0.25, 0.3) is 0 Å². The zero-order valence-corrected chi connectivity index (χ0v) is 15.4. The van der Waals surface area contributed by atoms with Crippen LogP contribution in [0.1, 0.15) is 63.9 Å². The number of ether oxygens (including phenoxy) is 1. The highest BCUT2D eigenvalue weighted by molar-refractivity contribution is 7.80. The highest BCUT2D eigenvalue weighted by Gasteiger charge is 2.13. The molecule has 0 spiro atoms. The van der Waals surface area contributed by atoms with Crippen LogP contribution in [0.5, 0.6) is 5.75 Å². The van der Waals surface area contributed by atoms with Gasteiger partial charge in [-0.15, -0.1) is 0 Å². The van der Waals surface area contributed by atoms with Crippen molar-refractivity contribution in [1.29, 1.82) is 0 Å². The lowest BCUT2D eigenvalue weighted by atomic mass is 9.96. The van der Waals surface area contributed by atoms with Crippen molar-refractivity contribution in [3.8, 4) is 5.75 Å². The molecule has 24 heavy (non-hydrogen) atoms. The molecule has 0 saturated heterocycles. The molecule has 1 aliphatic rings. The first-order chi connectivity index (χ1) is 11.8. The predicted octanol–water partition coefficient (Wildman–Crippen LogP) is 4.39. The molecule has 5 heteroatoms. The first-order valence-electron chi connectivity index (χ1n) is 9.10. The van der Waals surface area contributed by atoms with Crippen molar-refractivity contribution < 1.29 is 4.74 Å². The Kier molecular flexibility index (Phi) is 8.60. The summed E-state index contributed by atoms with van der Waals surface area (Å²) >= 11 is 5.28. The molecule has 1 aromatic rings. The largest absolute Gasteiger partial charge is 0.494 e. The van der Waals surface area contributed by atoms with Gasteiger partial charge < -0.3 is 10.1 Å². The Hall–Kier alpha value is -1.62. The van der Waals surface area contributed by atoms with Gasteiger partial charge in [-0.25, -0.2) is 0 Å². The molecule has 0 aromatic heterocycles. The summed E-state index contributed by atoms with van der Waals surface area (Å²) in [5.74, 6) is 0.908. The molecule has 2 rings (SSSR count). The summed E-state index contributed by atoms with van der Waals surface area (Å²) in [7, 11) is 0. The fourth-order valence-corrected chi connectivity index (χ4v) is 3.04. The Morgan fingerprint density at radius 2 is 1.96 bits per heavy atom. The van der Waals surface area contributed by atoms with Crippen molar-refractivity contribution in [3.63, 3.8) is 0 Å². The van der Waals surface area contributed by atoms with Gasteiger partial charge in [0.25, 0.3) is 0 Å². The molecule has 0 heterocycles. The SMILES string of the molecule is CCCCCOc1ccc(/C=N\NC(=S)NC2CCCCC2)cc1. The standard InChI is InChI=1S/C19H29N3OS/c1-2-3-7-14-23-18-12-10-16(11-13-18)15-20-22-19(24)21-17-8-5-4-6-9-17/h10-13,15,17H,2-9,14H2,1H3,(H2,21,22,24)/b20-15-. The van der Waals surface area contributed by atoms with Crippen LogP contribution in [-0.2, 0) is 0 Å². The number of nitrogens with one attached hydrogen (secondary N) is 2. The van der Waals surface area contributed by atoms with E-state index in [0.717, 1.165) is 24.3 Å². The second-order valence-electron chi connectivity index (χ2n) is 6.30. The first kappa shape index (κ1) is 18.7. The molecule has 1 fully saturated rings. The van der Waals surface area contributed by atoms with Crippen LogP contribution < -0.4 is 15.5 Å². The van der Waals surface area contributed by atoms with Crippen LogP contribution in [0.2, 0.25) is 0 Å². The van der Waals surface area contributed by atoms with Crippen molar-refractivity contribution in [3.05, 3.63) is 29.8 Å². The number of rotatable bonds is 8. The molecule has 132 valence electrons. The minimum Gasteiger partial charge on any atom is -0.494 e. The quantitative estimate of drug-likeness (QED) is 0.317. The second kappa shape index (κ2) is 11.0. The fourth-order valence-electron chi connectivity index (χ4n) is 2.82. The molecular formula is C19H29N3OS. The van der Waals surface area contributed by atoms with E-state index in [0.29, 0.717) is 11.2 Å². The molecular weight excluding hydrogens is 318 g/mol. The predicted molar refractivity (Wildman–Crippen MR) is 105 cm³/mol. The lowest BCUT2D eigenvalue weighted by Crippen LogP contribution is -2.40. The number of hydrazone groups is 1. The van der Waals surface area contributed by atoms with Gasteiger partial charge in [0.15, 0.2) is 5.11 Å². The van der Waals surface area contributed by atoms with Gasteiger partial charge in [0, 0.05) is 6.04 Å². The monoisotopic (exact) mass is 347 g/mol. The van der Waals surface area contributed by atoms with Crippen molar-refractivity contribution in [1.82, 2.24) is 10.7 Å². The molecule has 1 saturated carbocycles. The van der Waals surface area contributed by atoms with Crippen molar-refractivity contribution in [2.24, 2.45) is 5.10 Å². The van der Waals surface area contributed by atoms with Gasteiger partial charge in [0.1, 0.15) is 5.75 Å². The Morgan fingerprint density at radius 1 is 1.21 bits per heavy atom. The minimum absolute atomic E-state index is 0.498. The first-order valence-corrected chi connectivity index (χ1v) is 9.51. The van der Waals surface area contributed by atoms with Gasteiger partial charge in [-0.05, 0) is 61.3 Å². The Bertz CT molecular complexity index is 510. The number of hydrogen-bond donors (Lipinski definition) is 2. The van der Waals surface area contributed by atoms with E-state index >= 15 is 0 Å². The second-order valence-corrected chi connectivity index (χ2v) is 6.71.